The fourth-order valence-corrected chi connectivity index (χ4v) is 2.69. The average Bonchev–Trinajstić information content (AvgIpc) is 2.99. The van der Waals surface area contributed by atoms with Gasteiger partial charge in [-0.2, -0.15) is 5.10 Å². The van der Waals surface area contributed by atoms with E-state index in [1.807, 2.05) is 24.3 Å². The van der Waals surface area contributed by atoms with Gasteiger partial charge in [-0.25, -0.2) is 9.97 Å². The molecule has 0 radical (unpaired) electrons. The minimum atomic E-state index is 0.601. The number of aromatic amines is 1. The Hall–Kier alpha value is -2.18. The molecule has 3 rings (SSSR count). The van der Waals surface area contributed by atoms with Gasteiger partial charge in [0.1, 0.15) is 11.3 Å². The second-order valence-electron chi connectivity index (χ2n) is 5.23. The highest BCUT2D eigenvalue weighted by Gasteiger charge is 2.13. The van der Waals surface area contributed by atoms with Crippen LogP contribution >= 0.6 is 11.6 Å². The predicted octanol–water partition coefficient (Wildman–Crippen LogP) is 2.85. The molecule has 0 amide bonds. The zero-order valence-corrected chi connectivity index (χ0v) is 13.7. The fourth-order valence-electron chi connectivity index (χ4n) is 2.50. The van der Waals surface area contributed by atoms with Crippen LogP contribution in [0.1, 0.15) is 13.3 Å². The van der Waals surface area contributed by atoms with Gasteiger partial charge in [0.25, 0.3) is 0 Å². The lowest BCUT2D eigenvalue weighted by atomic mass is 10.1. The summed E-state index contributed by atoms with van der Waals surface area (Å²) in [7, 11) is 0. The van der Waals surface area contributed by atoms with Crippen LogP contribution in [0, 0.1) is 0 Å². The number of halogens is 1. The Balaban J connectivity index is 1.97. The van der Waals surface area contributed by atoms with Gasteiger partial charge >= 0.3 is 0 Å². The summed E-state index contributed by atoms with van der Waals surface area (Å²) < 4.78 is 0. The van der Waals surface area contributed by atoms with Gasteiger partial charge in [-0.15, -0.1) is 0 Å². The van der Waals surface area contributed by atoms with Crippen LogP contribution in [-0.4, -0.2) is 39.8 Å². The number of nitrogens with two attached hydrogens (primary N) is 1. The van der Waals surface area contributed by atoms with E-state index in [4.69, 9.17) is 17.3 Å². The van der Waals surface area contributed by atoms with Crippen molar-refractivity contribution >= 4 is 28.6 Å². The molecule has 0 spiro atoms. The molecule has 2 heterocycles. The van der Waals surface area contributed by atoms with Gasteiger partial charge in [0, 0.05) is 23.7 Å². The molecular weight excluding hydrogens is 312 g/mol. The molecule has 3 N–H and O–H groups in total. The molecule has 0 aliphatic carbocycles. The molecule has 0 aliphatic rings. The summed E-state index contributed by atoms with van der Waals surface area (Å²) in [5, 5.41) is 7.98. The van der Waals surface area contributed by atoms with Gasteiger partial charge in [-0.1, -0.05) is 23.7 Å². The number of aromatic nitrogens is 4. The van der Waals surface area contributed by atoms with E-state index < -0.39 is 0 Å². The largest absolute Gasteiger partial charge is 0.355 e. The monoisotopic (exact) mass is 330 g/mol. The molecule has 3 aromatic rings. The standard InChI is InChI=1S/C16H19ClN6/c1-2-23(8-4-7-18)13-10-19-15-14(21-22-16(15)20-13)11-5-3-6-12(17)9-11/h3,5-6,9-10H,2,4,7-8,18H2,1H3,(H,20,21,22). The van der Waals surface area contributed by atoms with E-state index in [1.165, 1.54) is 0 Å². The van der Waals surface area contributed by atoms with Crippen molar-refractivity contribution in [2.24, 2.45) is 5.73 Å². The van der Waals surface area contributed by atoms with E-state index in [-0.39, 0.29) is 0 Å². The number of hydrogen-bond donors (Lipinski definition) is 2. The molecule has 120 valence electrons. The first-order valence-electron chi connectivity index (χ1n) is 7.65. The van der Waals surface area contributed by atoms with E-state index in [9.17, 15) is 0 Å². The third-order valence-corrected chi connectivity index (χ3v) is 3.94. The van der Waals surface area contributed by atoms with Gasteiger partial charge < -0.3 is 10.6 Å². The Bertz CT molecular complexity index is 800. The van der Waals surface area contributed by atoms with Crippen molar-refractivity contribution in [1.29, 1.82) is 0 Å². The Kier molecular flexibility index (Phi) is 4.73. The van der Waals surface area contributed by atoms with Gasteiger partial charge in [0.2, 0.25) is 5.65 Å². The molecular formula is C16H19ClN6. The zero-order valence-electron chi connectivity index (χ0n) is 13.0. The zero-order chi connectivity index (χ0) is 16.2. The highest BCUT2D eigenvalue weighted by Crippen LogP contribution is 2.27. The van der Waals surface area contributed by atoms with Crippen LogP contribution in [-0.2, 0) is 0 Å². The first kappa shape index (κ1) is 15.7. The maximum Gasteiger partial charge on any atom is 0.202 e. The molecule has 0 saturated heterocycles. The third-order valence-electron chi connectivity index (χ3n) is 3.70. The number of fused-ring (bicyclic) bond motifs is 1. The van der Waals surface area contributed by atoms with Crippen LogP contribution < -0.4 is 10.6 Å². The van der Waals surface area contributed by atoms with Crippen LogP contribution in [0.4, 0.5) is 5.82 Å². The van der Waals surface area contributed by atoms with Crippen molar-refractivity contribution in [2.45, 2.75) is 13.3 Å². The van der Waals surface area contributed by atoms with Crippen molar-refractivity contribution in [1.82, 2.24) is 20.2 Å². The molecule has 0 bridgehead atoms. The van der Waals surface area contributed by atoms with E-state index in [0.717, 1.165) is 42.1 Å². The van der Waals surface area contributed by atoms with Crippen LogP contribution in [0.3, 0.4) is 0 Å². The number of anilines is 1. The van der Waals surface area contributed by atoms with Crippen molar-refractivity contribution in [2.75, 3.05) is 24.5 Å². The van der Waals surface area contributed by atoms with Gasteiger partial charge in [0.15, 0.2) is 0 Å². The summed E-state index contributed by atoms with van der Waals surface area (Å²) >= 11 is 6.06. The maximum absolute atomic E-state index is 6.06. The first-order chi connectivity index (χ1) is 11.2. The van der Waals surface area contributed by atoms with E-state index in [1.54, 1.807) is 6.20 Å². The lowest BCUT2D eigenvalue weighted by Gasteiger charge is -2.20. The molecule has 0 atom stereocenters. The van der Waals surface area contributed by atoms with Gasteiger partial charge in [-0.05, 0) is 32.0 Å². The number of nitrogens with one attached hydrogen (secondary N) is 1. The molecule has 1 aromatic carbocycles. The van der Waals surface area contributed by atoms with Gasteiger partial charge in [0.05, 0.1) is 11.9 Å². The summed E-state index contributed by atoms with van der Waals surface area (Å²) in [4.78, 5) is 11.3. The third kappa shape index (κ3) is 3.28. The van der Waals surface area contributed by atoms with Crippen LogP contribution in [0.25, 0.3) is 22.4 Å². The summed E-state index contributed by atoms with van der Waals surface area (Å²) in [5.74, 6) is 0.817. The topological polar surface area (TPSA) is 83.7 Å². The maximum atomic E-state index is 6.06. The van der Waals surface area contributed by atoms with E-state index >= 15 is 0 Å². The van der Waals surface area contributed by atoms with Gasteiger partial charge in [-0.3, -0.25) is 5.10 Å². The highest BCUT2D eigenvalue weighted by atomic mass is 35.5. The normalized spacial score (nSPS) is 11.1. The lowest BCUT2D eigenvalue weighted by Crippen LogP contribution is -2.26. The van der Waals surface area contributed by atoms with Crippen molar-refractivity contribution in [3.63, 3.8) is 0 Å². The van der Waals surface area contributed by atoms with Crippen LogP contribution in [0.5, 0.6) is 0 Å². The lowest BCUT2D eigenvalue weighted by molar-refractivity contribution is 0.744. The Morgan fingerprint density at radius 2 is 2.22 bits per heavy atom. The average molecular weight is 331 g/mol. The summed E-state index contributed by atoms with van der Waals surface area (Å²) in [6, 6.07) is 7.58. The molecule has 7 heteroatoms. The van der Waals surface area contributed by atoms with Crippen LogP contribution in [0.2, 0.25) is 5.02 Å². The van der Waals surface area contributed by atoms with E-state index in [0.29, 0.717) is 17.2 Å². The Morgan fingerprint density at radius 1 is 1.35 bits per heavy atom. The second-order valence-corrected chi connectivity index (χ2v) is 5.67. The molecule has 0 unspecified atom stereocenters. The molecule has 23 heavy (non-hydrogen) atoms. The molecule has 2 aromatic heterocycles. The SMILES string of the molecule is CCN(CCCN)c1cnc2c(-c3cccc(Cl)c3)[nH]nc2n1. The minimum absolute atomic E-state index is 0.601. The number of H-pyrrole nitrogens is 1. The van der Waals surface area contributed by atoms with Crippen LogP contribution in [0.15, 0.2) is 30.5 Å². The summed E-state index contributed by atoms with van der Waals surface area (Å²) in [6.45, 7) is 4.46. The predicted molar refractivity (Wildman–Crippen MR) is 93.7 cm³/mol. The number of rotatable bonds is 6. The molecule has 0 aliphatic heterocycles. The summed E-state index contributed by atoms with van der Waals surface area (Å²) in [6.07, 6.45) is 2.70. The molecule has 6 nitrogen and oxygen atoms in total. The van der Waals surface area contributed by atoms with Crippen molar-refractivity contribution in [3.05, 3.63) is 35.5 Å². The minimum Gasteiger partial charge on any atom is -0.355 e. The highest BCUT2D eigenvalue weighted by molar-refractivity contribution is 6.30. The Morgan fingerprint density at radius 3 is 2.96 bits per heavy atom. The number of benzene rings is 1. The smallest absolute Gasteiger partial charge is 0.202 e. The fraction of sp³-hybridized carbons (Fsp3) is 0.312. The van der Waals surface area contributed by atoms with E-state index in [2.05, 4.69) is 32.0 Å². The number of hydrogen-bond acceptors (Lipinski definition) is 5. The quantitative estimate of drug-likeness (QED) is 0.726. The van der Waals surface area contributed by atoms with Crippen molar-refractivity contribution in [3.8, 4) is 11.3 Å². The summed E-state index contributed by atoms with van der Waals surface area (Å²) in [5.41, 5.74) is 8.70. The Labute approximate surface area is 139 Å². The van der Waals surface area contributed by atoms with Crippen molar-refractivity contribution < 1.29 is 0 Å². The molecule has 0 saturated carbocycles. The number of nitrogens with zero attached hydrogens (tertiary/aromatic N) is 4. The second kappa shape index (κ2) is 6.93. The molecule has 0 fully saturated rings. The first-order valence-corrected chi connectivity index (χ1v) is 8.02.